The lowest BCUT2D eigenvalue weighted by atomic mass is 9.73. The van der Waals surface area contributed by atoms with Crippen LogP contribution in [0.5, 0.6) is 0 Å². The van der Waals surface area contributed by atoms with Gasteiger partial charge < -0.3 is 11.5 Å². The van der Waals surface area contributed by atoms with Crippen molar-refractivity contribution in [3.05, 3.63) is 59.7 Å². The largest absolute Gasteiger partial charge is 0.399 e. The molecule has 2 aromatic rings. The second-order valence-corrected chi connectivity index (χ2v) is 5.68. The van der Waals surface area contributed by atoms with Crippen molar-refractivity contribution in [3.63, 3.8) is 0 Å². The first-order valence-electron chi connectivity index (χ1n) is 7.28. The molecule has 0 heterocycles. The predicted molar refractivity (Wildman–Crippen MR) is 87.7 cm³/mol. The highest BCUT2D eigenvalue weighted by atomic mass is 14.5. The molecule has 0 atom stereocenters. The second kappa shape index (κ2) is 6.00. The number of rotatable bonds is 5. The lowest BCUT2D eigenvalue weighted by Crippen LogP contribution is -2.23. The molecule has 2 heteroatoms. The number of unbranched alkanes of at least 4 members (excludes halogenated alkanes) is 1. The first-order valence-corrected chi connectivity index (χ1v) is 7.28. The molecule has 0 amide bonds. The van der Waals surface area contributed by atoms with Crippen LogP contribution in [0.2, 0.25) is 0 Å². The van der Waals surface area contributed by atoms with Gasteiger partial charge in [-0.05, 0) is 41.8 Å². The van der Waals surface area contributed by atoms with Gasteiger partial charge in [0.1, 0.15) is 0 Å². The molecule has 0 saturated heterocycles. The Morgan fingerprint density at radius 1 is 0.800 bits per heavy atom. The van der Waals surface area contributed by atoms with Crippen molar-refractivity contribution in [1.29, 1.82) is 0 Å². The second-order valence-electron chi connectivity index (χ2n) is 5.68. The number of hydrogen-bond acceptors (Lipinski definition) is 2. The fourth-order valence-corrected chi connectivity index (χ4v) is 2.69. The summed E-state index contributed by atoms with van der Waals surface area (Å²) in [6.45, 7) is 4.53. The van der Waals surface area contributed by atoms with E-state index >= 15 is 0 Å². The lowest BCUT2D eigenvalue weighted by molar-refractivity contribution is 0.493. The number of nitrogen functional groups attached to an aromatic ring is 2. The maximum Gasteiger partial charge on any atom is 0.0314 e. The van der Waals surface area contributed by atoms with Gasteiger partial charge in [-0.15, -0.1) is 0 Å². The summed E-state index contributed by atoms with van der Waals surface area (Å²) in [5.74, 6) is 0. The van der Waals surface area contributed by atoms with Crippen LogP contribution in [0, 0.1) is 0 Å². The van der Waals surface area contributed by atoms with E-state index in [9.17, 15) is 0 Å². The Morgan fingerprint density at radius 3 is 1.55 bits per heavy atom. The van der Waals surface area contributed by atoms with Gasteiger partial charge in [0.15, 0.2) is 0 Å². The monoisotopic (exact) mass is 268 g/mol. The molecular weight excluding hydrogens is 244 g/mol. The topological polar surface area (TPSA) is 52.0 Å². The van der Waals surface area contributed by atoms with E-state index in [0.717, 1.165) is 17.8 Å². The Morgan fingerprint density at radius 2 is 1.20 bits per heavy atom. The Balaban J connectivity index is 2.43. The van der Waals surface area contributed by atoms with Crippen molar-refractivity contribution in [2.45, 2.75) is 38.5 Å². The molecule has 0 saturated carbocycles. The average Bonchev–Trinajstić information content (AvgIpc) is 2.46. The van der Waals surface area contributed by atoms with Crippen LogP contribution >= 0.6 is 0 Å². The Labute approximate surface area is 121 Å². The van der Waals surface area contributed by atoms with Crippen LogP contribution in [0.4, 0.5) is 11.4 Å². The fourth-order valence-electron chi connectivity index (χ4n) is 2.69. The summed E-state index contributed by atoms with van der Waals surface area (Å²) in [6.07, 6.45) is 3.52. The zero-order chi connectivity index (χ0) is 14.6. The van der Waals surface area contributed by atoms with Crippen LogP contribution in [-0.4, -0.2) is 0 Å². The van der Waals surface area contributed by atoms with Gasteiger partial charge in [-0.1, -0.05) is 51.0 Å². The van der Waals surface area contributed by atoms with E-state index < -0.39 is 0 Å². The van der Waals surface area contributed by atoms with E-state index in [-0.39, 0.29) is 5.41 Å². The molecule has 0 aliphatic heterocycles. The summed E-state index contributed by atoms with van der Waals surface area (Å²) in [4.78, 5) is 0. The van der Waals surface area contributed by atoms with Crippen LogP contribution in [0.25, 0.3) is 0 Å². The van der Waals surface area contributed by atoms with Crippen molar-refractivity contribution in [1.82, 2.24) is 0 Å². The molecule has 2 nitrogen and oxygen atoms in total. The molecule has 0 aliphatic rings. The highest BCUT2D eigenvalue weighted by Gasteiger charge is 2.28. The van der Waals surface area contributed by atoms with Gasteiger partial charge in [-0.2, -0.15) is 0 Å². The van der Waals surface area contributed by atoms with Gasteiger partial charge in [0, 0.05) is 16.8 Å². The highest BCUT2D eigenvalue weighted by molar-refractivity contribution is 5.48. The van der Waals surface area contributed by atoms with Crippen LogP contribution in [0.1, 0.15) is 44.2 Å². The third-order valence-electron chi connectivity index (χ3n) is 4.13. The summed E-state index contributed by atoms with van der Waals surface area (Å²) < 4.78 is 0. The Kier molecular flexibility index (Phi) is 4.33. The van der Waals surface area contributed by atoms with Crippen molar-refractivity contribution in [2.24, 2.45) is 0 Å². The molecule has 20 heavy (non-hydrogen) atoms. The summed E-state index contributed by atoms with van der Waals surface area (Å²) in [5.41, 5.74) is 15.9. The summed E-state index contributed by atoms with van der Waals surface area (Å²) >= 11 is 0. The minimum absolute atomic E-state index is 0.0113. The van der Waals surface area contributed by atoms with E-state index in [1.807, 2.05) is 24.3 Å². The SMILES string of the molecule is CCCCC(C)(c1ccc(N)cc1)c1ccc(N)cc1. The quantitative estimate of drug-likeness (QED) is 0.792. The maximum absolute atomic E-state index is 5.81. The maximum atomic E-state index is 5.81. The summed E-state index contributed by atoms with van der Waals surface area (Å²) in [7, 11) is 0. The molecular formula is C18H24N2. The molecule has 0 aliphatic carbocycles. The van der Waals surface area contributed by atoms with E-state index in [1.54, 1.807) is 0 Å². The van der Waals surface area contributed by atoms with Crippen molar-refractivity contribution in [3.8, 4) is 0 Å². The van der Waals surface area contributed by atoms with Crippen LogP contribution in [0.15, 0.2) is 48.5 Å². The number of nitrogens with two attached hydrogens (primary N) is 2. The molecule has 106 valence electrons. The molecule has 0 spiro atoms. The zero-order valence-corrected chi connectivity index (χ0v) is 12.4. The van der Waals surface area contributed by atoms with Crippen LogP contribution in [-0.2, 0) is 5.41 Å². The van der Waals surface area contributed by atoms with Crippen molar-refractivity contribution in [2.75, 3.05) is 11.5 Å². The van der Waals surface area contributed by atoms with Crippen molar-refractivity contribution >= 4 is 11.4 Å². The smallest absolute Gasteiger partial charge is 0.0314 e. The number of anilines is 2. The Hall–Kier alpha value is -1.96. The zero-order valence-electron chi connectivity index (χ0n) is 12.4. The van der Waals surface area contributed by atoms with E-state index in [0.29, 0.717) is 0 Å². The molecule has 2 aromatic carbocycles. The van der Waals surface area contributed by atoms with Gasteiger partial charge in [-0.3, -0.25) is 0 Å². The number of benzene rings is 2. The van der Waals surface area contributed by atoms with Crippen LogP contribution < -0.4 is 11.5 Å². The first-order chi connectivity index (χ1) is 9.56. The highest BCUT2D eigenvalue weighted by Crippen LogP contribution is 2.37. The lowest BCUT2D eigenvalue weighted by Gasteiger charge is -2.31. The standard InChI is InChI=1S/C18H24N2/c1-3-4-13-18(2,14-5-9-16(19)10-6-14)15-7-11-17(20)12-8-15/h5-12H,3-4,13,19-20H2,1-2H3. The molecule has 4 N–H and O–H groups in total. The van der Waals surface area contributed by atoms with Gasteiger partial charge in [0.2, 0.25) is 0 Å². The van der Waals surface area contributed by atoms with Crippen molar-refractivity contribution < 1.29 is 0 Å². The van der Waals surface area contributed by atoms with Crippen LogP contribution in [0.3, 0.4) is 0 Å². The molecule has 0 fully saturated rings. The van der Waals surface area contributed by atoms with E-state index in [2.05, 4.69) is 38.1 Å². The molecule has 0 aromatic heterocycles. The molecule has 0 bridgehead atoms. The summed E-state index contributed by atoms with van der Waals surface area (Å²) in [5, 5.41) is 0. The predicted octanol–water partition coefficient (Wildman–Crippen LogP) is 4.35. The third kappa shape index (κ3) is 2.96. The summed E-state index contributed by atoms with van der Waals surface area (Å²) in [6, 6.07) is 16.5. The number of hydrogen-bond donors (Lipinski definition) is 2. The van der Waals surface area contributed by atoms with Gasteiger partial charge >= 0.3 is 0 Å². The van der Waals surface area contributed by atoms with Gasteiger partial charge in [0.05, 0.1) is 0 Å². The minimum atomic E-state index is 0.0113. The molecule has 0 radical (unpaired) electrons. The normalized spacial score (nSPS) is 11.5. The Bertz CT molecular complexity index is 495. The van der Waals surface area contributed by atoms with Gasteiger partial charge in [-0.25, -0.2) is 0 Å². The van der Waals surface area contributed by atoms with E-state index in [1.165, 1.54) is 24.0 Å². The van der Waals surface area contributed by atoms with Gasteiger partial charge in [0.25, 0.3) is 0 Å². The first kappa shape index (κ1) is 14.4. The molecule has 2 rings (SSSR count). The minimum Gasteiger partial charge on any atom is -0.399 e. The molecule has 0 unspecified atom stereocenters. The van der Waals surface area contributed by atoms with E-state index in [4.69, 9.17) is 11.5 Å². The average molecular weight is 268 g/mol. The fraction of sp³-hybridized carbons (Fsp3) is 0.333. The third-order valence-corrected chi connectivity index (χ3v) is 4.13.